The van der Waals surface area contributed by atoms with Crippen LogP contribution in [-0.4, -0.2) is 15.9 Å². The summed E-state index contributed by atoms with van der Waals surface area (Å²) in [6.45, 7) is 4.14. The number of nitriles is 1. The fourth-order valence-electron chi connectivity index (χ4n) is 3.93. The van der Waals surface area contributed by atoms with Gasteiger partial charge in [-0.25, -0.2) is 0 Å². The lowest BCUT2D eigenvalue weighted by atomic mass is 9.70. The van der Waals surface area contributed by atoms with Crippen LogP contribution in [0.15, 0.2) is 23.8 Å². The zero-order valence-electron chi connectivity index (χ0n) is 13.7. The maximum absolute atomic E-state index is 13.1. The number of rotatable bonds is 1. The van der Waals surface area contributed by atoms with Gasteiger partial charge in [0.2, 0.25) is 0 Å². The van der Waals surface area contributed by atoms with Crippen LogP contribution in [0, 0.1) is 11.3 Å². The molecule has 24 heavy (non-hydrogen) atoms. The van der Waals surface area contributed by atoms with E-state index in [0.717, 1.165) is 39.2 Å². The van der Waals surface area contributed by atoms with Gasteiger partial charge in [0.05, 0.1) is 12.7 Å². The second-order valence-electron chi connectivity index (χ2n) is 7.04. The molecule has 120 valence electrons. The van der Waals surface area contributed by atoms with Crippen molar-refractivity contribution in [1.29, 1.82) is 5.26 Å². The highest BCUT2D eigenvalue weighted by Gasteiger charge is 2.41. The molecular formula is C20H18N2O2. The van der Waals surface area contributed by atoms with Crippen molar-refractivity contribution in [3.63, 3.8) is 0 Å². The second-order valence-corrected chi connectivity index (χ2v) is 7.04. The number of aromatic amines is 1. The number of allylic oxidation sites excluding steroid dienone is 1. The van der Waals surface area contributed by atoms with Crippen LogP contribution in [0.25, 0.3) is 6.08 Å². The number of aliphatic hydroxyl groups is 1. The van der Waals surface area contributed by atoms with E-state index in [1.54, 1.807) is 0 Å². The van der Waals surface area contributed by atoms with E-state index >= 15 is 0 Å². The van der Waals surface area contributed by atoms with Gasteiger partial charge >= 0.3 is 0 Å². The van der Waals surface area contributed by atoms with Crippen molar-refractivity contribution in [1.82, 2.24) is 4.98 Å². The normalized spacial score (nSPS) is 17.4. The average molecular weight is 318 g/mol. The number of nitrogens with zero attached hydrogens (tertiary/aromatic N) is 1. The number of aromatic nitrogens is 1. The Kier molecular flexibility index (Phi) is 3.06. The molecule has 1 aromatic heterocycles. The molecule has 0 unspecified atom stereocenters. The van der Waals surface area contributed by atoms with Gasteiger partial charge in [0, 0.05) is 33.5 Å². The largest absolute Gasteiger partial charge is 0.392 e. The fraction of sp³-hybridized carbons (Fsp3) is 0.300. The average Bonchev–Trinajstić information content (AvgIpc) is 2.99. The van der Waals surface area contributed by atoms with Crippen molar-refractivity contribution in [2.75, 3.05) is 0 Å². The van der Waals surface area contributed by atoms with Crippen molar-refractivity contribution in [3.8, 4) is 6.07 Å². The van der Waals surface area contributed by atoms with Gasteiger partial charge in [0.15, 0.2) is 5.78 Å². The van der Waals surface area contributed by atoms with Gasteiger partial charge < -0.3 is 10.1 Å². The summed E-state index contributed by atoms with van der Waals surface area (Å²) in [5.41, 5.74) is 6.44. The Morgan fingerprint density at radius 1 is 1.33 bits per heavy atom. The quantitative estimate of drug-likeness (QED) is 0.847. The lowest BCUT2D eigenvalue weighted by Crippen LogP contribution is -2.31. The number of carbonyl (C=O) groups is 1. The number of aliphatic hydroxyl groups excluding tert-OH is 1. The van der Waals surface area contributed by atoms with E-state index < -0.39 is 0 Å². The Morgan fingerprint density at radius 2 is 2.12 bits per heavy atom. The van der Waals surface area contributed by atoms with E-state index in [1.165, 1.54) is 0 Å². The number of nitrogens with one attached hydrogen (secondary N) is 1. The Hall–Kier alpha value is -2.64. The maximum Gasteiger partial charge on any atom is 0.195 e. The lowest BCUT2D eigenvalue weighted by molar-refractivity contribution is 0.103. The molecule has 4 rings (SSSR count). The Bertz CT molecular complexity index is 955. The van der Waals surface area contributed by atoms with Crippen LogP contribution in [0.2, 0.25) is 0 Å². The number of hydrogen-bond acceptors (Lipinski definition) is 3. The molecule has 0 radical (unpaired) electrons. The summed E-state index contributed by atoms with van der Waals surface area (Å²) in [6.07, 6.45) is 3.26. The topological polar surface area (TPSA) is 76.9 Å². The molecule has 0 saturated heterocycles. The predicted octanol–water partition coefficient (Wildman–Crippen LogP) is 3.23. The lowest BCUT2D eigenvalue weighted by Gasteiger charge is -2.32. The third-order valence-corrected chi connectivity index (χ3v) is 5.28. The van der Waals surface area contributed by atoms with Gasteiger partial charge in [-0.3, -0.25) is 4.79 Å². The summed E-state index contributed by atoms with van der Waals surface area (Å²) >= 11 is 0. The summed E-state index contributed by atoms with van der Waals surface area (Å²) in [4.78, 5) is 16.5. The zero-order valence-corrected chi connectivity index (χ0v) is 13.7. The summed E-state index contributed by atoms with van der Waals surface area (Å²) in [5.74, 6) is 0.0372. The van der Waals surface area contributed by atoms with E-state index in [4.69, 9.17) is 5.26 Å². The van der Waals surface area contributed by atoms with Crippen LogP contribution in [0.5, 0.6) is 0 Å². The summed E-state index contributed by atoms with van der Waals surface area (Å²) in [5, 5.41) is 18.6. The first-order valence-corrected chi connectivity index (χ1v) is 8.12. The fourth-order valence-corrected chi connectivity index (χ4v) is 3.93. The van der Waals surface area contributed by atoms with Gasteiger partial charge in [0.25, 0.3) is 0 Å². The molecule has 0 spiro atoms. The first-order chi connectivity index (χ1) is 11.5. The minimum absolute atomic E-state index is 0.0372. The van der Waals surface area contributed by atoms with E-state index in [1.807, 2.05) is 24.3 Å². The molecule has 2 aromatic rings. The zero-order chi connectivity index (χ0) is 17.1. The van der Waals surface area contributed by atoms with Crippen LogP contribution in [-0.2, 0) is 18.4 Å². The molecule has 0 aliphatic heterocycles. The molecule has 0 atom stereocenters. The van der Waals surface area contributed by atoms with E-state index in [-0.39, 0.29) is 17.8 Å². The van der Waals surface area contributed by atoms with E-state index in [0.29, 0.717) is 18.4 Å². The van der Waals surface area contributed by atoms with Crippen LogP contribution in [0.4, 0.5) is 0 Å². The molecule has 1 heterocycles. The molecule has 0 saturated carbocycles. The molecule has 0 amide bonds. The molecule has 0 fully saturated rings. The smallest absolute Gasteiger partial charge is 0.195 e. The molecule has 2 aliphatic carbocycles. The number of fused-ring (bicyclic) bond motifs is 4. The standard InChI is InChI=1S/C20H18N2O2/c1-20(2)15-7-12(10-23)4-5-13(15)18(24)17-14-6-3-11(9-21)8-16(14)22-19(17)20/h4-5,7-8,22-23H,3,6,10H2,1-2H3. The summed E-state index contributed by atoms with van der Waals surface area (Å²) in [7, 11) is 0. The summed E-state index contributed by atoms with van der Waals surface area (Å²) in [6, 6.07) is 7.78. The van der Waals surface area contributed by atoms with Crippen molar-refractivity contribution in [2.45, 2.75) is 38.7 Å². The third kappa shape index (κ3) is 1.85. The number of carbonyl (C=O) groups excluding carboxylic acids is 1. The Balaban J connectivity index is 1.98. The molecule has 4 nitrogen and oxygen atoms in total. The van der Waals surface area contributed by atoms with Gasteiger partial charge in [0.1, 0.15) is 0 Å². The number of benzene rings is 1. The number of H-pyrrole nitrogens is 1. The highest BCUT2D eigenvalue weighted by Crippen LogP contribution is 2.44. The van der Waals surface area contributed by atoms with Gasteiger partial charge in [-0.15, -0.1) is 0 Å². The molecular weight excluding hydrogens is 300 g/mol. The molecule has 4 heteroatoms. The first-order valence-electron chi connectivity index (χ1n) is 8.12. The Morgan fingerprint density at radius 3 is 2.83 bits per heavy atom. The minimum Gasteiger partial charge on any atom is -0.392 e. The monoisotopic (exact) mass is 318 g/mol. The van der Waals surface area contributed by atoms with Crippen molar-refractivity contribution in [2.24, 2.45) is 0 Å². The molecule has 0 bridgehead atoms. The SMILES string of the molecule is CC1(C)c2cc(CO)ccc2C(=O)c2c1[nH]c1c2CCC(C#N)=C1. The Labute approximate surface area is 140 Å². The maximum atomic E-state index is 13.1. The highest BCUT2D eigenvalue weighted by atomic mass is 16.3. The van der Waals surface area contributed by atoms with Crippen LogP contribution < -0.4 is 0 Å². The van der Waals surface area contributed by atoms with E-state index in [2.05, 4.69) is 24.9 Å². The highest BCUT2D eigenvalue weighted by molar-refractivity contribution is 6.14. The number of hydrogen-bond donors (Lipinski definition) is 2. The molecule has 2 N–H and O–H groups in total. The van der Waals surface area contributed by atoms with Gasteiger partial charge in [-0.2, -0.15) is 5.26 Å². The van der Waals surface area contributed by atoms with Gasteiger partial charge in [-0.05, 0) is 35.6 Å². The molecule has 1 aromatic carbocycles. The second kappa shape index (κ2) is 4.93. The van der Waals surface area contributed by atoms with E-state index in [9.17, 15) is 9.90 Å². The number of ketones is 1. The third-order valence-electron chi connectivity index (χ3n) is 5.28. The van der Waals surface area contributed by atoms with Crippen LogP contribution >= 0.6 is 0 Å². The van der Waals surface area contributed by atoms with Crippen LogP contribution in [0.3, 0.4) is 0 Å². The molecule has 2 aliphatic rings. The van der Waals surface area contributed by atoms with Crippen LogP contribution in [0.1, 0.15) is 64.3 Å². The van der Waals surface area contributed by atoms with Crippen molar-refractivity contribution >= 4 is 11.9 Å². The van der Waals surface area contributed by atoms with Crippen molar-refractivity contribution < 1.29 is 9.90 Å². The predicted molar refractivity (Wildman–Crippen MR) is 90.6 cm³/mol. The first kappa shape index (κ1) is 14.9. The van der Waals surface area contributed by atoms with Gasteiger partial charge in [-0.1, -0.05) is 32.0 Å². The summed E-state index contributed by atoms with van der Waals surface area (Å²) < 4.78 is 0. The minimum atomic E-state index is -0.359. The van der Waals surface area contributed by atoms with Crippen molar-refractivity contribution in [3.05, 3.63) is 63.0 Å².